The third-order valence-electron chi connectivity index (χ3n) is 7.31. The minimum atomic E-state index is -4.57. The van der Waals surface area contributed by atoms with Crippen molar-refractivity contribution < 1.29 is 18.0 Å². The maximum atomic E-state index is 13.2. The number of rotatable bonds is 7. The molecule has 2 saturated carbocycles. The molecule has 0 aliphatic heterocycles. The molecule has 9 nitrogen and oxygen atoms in total. The third-order valence-corrected chi connectivity index (χ3v) is 7.31. The minimum absolute atomic E-state index is 0.0626. The topological polar surface area (TPSA) is 108 Å². The molecule has 1 N–H and O–H groups in total. The van der Waals surface area contributed by atoms with Crippen LogP contribution in [-0.4, -0.2) is 41.4 Å². The van der Waals surface area contributed by atoms with Crippen molar-refractivity contribution in [2.45, 2.75) is 56.9 Å². The third kappa shape index (κ3) is 4.44. The Bertz CT molecular complexity index is 1590. The highest BCUT2D eigenvalue weighted by Crippen LogP contribution is 2.46. The van der Waals surface area contributed by atoms with Crippen molar-refractivity contribution in [3.05, 3.63) is 70.9 Å². The number of hydrogen-bond donors (Lipinski definition) is 1. The van der Waals surface area contributed by atoms with Crippen molar-refractivity contribution in [2.24, 2.45) is 5.92 Å². The number of carbonyl (C=O) groups is 1. The summed E-state index contributed by atoms with van der Waals surface area (Å²) in [6.45, 7) is 1.69. The van der Waals surface area contributed by atoms with Gasteiger partial charge in [0.05, 0.1) is 29.0 Å². The molecule has 0 saturated heterocycles. The zero-order valence-electron chi connectivity index (χ0n) is 20.4. The first-order valence-corrected chi connectivity index (χ1v) is 12.4. The first kappa shape index (κ1) is 24.3. The van der Waals surface area contributed by atoms with Gasteiger partial charge in [0.1, 0.15) is 6.04 Å². The summed E-state index contributed by atoms with van der Waals surface area (Å²) in [5.74, 6) is 0.266. The Morgan fingerprint density at radius 2 is 1.89 bits per heavy atom. The number of fused-ring (bicyclic) bond motifs is 1. The van der Waals surface area contributed by atoms with Crippen molar-refractivity contribution in [2.75, 3.05) is 0 Å². The average molecular weight is 524 g/mol. The van der Waals surface area contributed by atoms with Crippen LogP contribution in [0.25, 0.3) is 22.2 Å². The molecule has 38 heavy (non-hydrogen) atoms. The van der Waals surface area contributed by atoms with Gasteiger partial charge in [0.25, 0.3) is 11.5 Å². The predicted octanol–water partition coefficient (Wildman–Crippen LogP) is 4.00. The van der Waals surface area contributed by atoms with Crippen molar-refractivity contribution >= 4 is 16.9 Å². The van der Waals surface area contributed by atoms with Crippen molar-refractivity contribution in [1.82, 2.24) is 34.6 Å². The van der Waals surface area contributed by atoms with Crippen LogP contribution in [0.5, 0.6) is 0 Å². The Balaban J connectivity index is 1.22. The van der Waals surface area contributed by atoms with E-state index in [1.807, 2.05) is 4.68 Å². The molecule has 2 fully saturated rings. The molecule has 0 spiro atoms. The molecule has 0 unspecified atom stereocenters. The van der Waals surface area contributed by atoms with Crippen LogP contribution in [0.4, 0.5) is 13.2 Å². The Morgan fingerprint density at radius 3 is 2.55 bits per heavy atom. The fourth-order valence-corrected chi connectivity index (χ4v) is 4.57. The quantitative estimate of drug-likeness (QED) is 0.392. The molecule has 1 atom stereocenters. The molecule has 2 aliphatic rings. The molecule has 12 heteroatoms. The Labute approximate surface area is 214 Å². The minimum Gasteiger partial charge on any atom is -0.340 e. The summed E-state index contributed by atoms with van der Waals surface area (Å²) in [6.07, 6.45) is 4.64. The molecule has 4 aromatic rings. The number of benzene rings is 1. The number of carbonyl (C=O) groups excluding carboxylic acids is 1. The number of amides is 1. The molecule has 1 amide bonds. The largest absolute Gasteiger partial charge is 0.409 e. The highest BCUT2D eigenvalue weighted by molar-refractivity contribution is 5.93. The van der Waals surface area contributed by atoms with Gasteiger partial charge in [-0.15, -0.1) is 0 Å². The molecular weight excluding hydrogens is 499 g/mol. The second-order valence-corrected chi connectivity index (χ2v) is 10.1. The van der Waals surface area contributed by atoms with E-state index in [0.717, 1.165) is 30.7 Å². The van der Waals surface area contributed by atoms with Crippen LogP contribution in [0.2, 0.25) is 0 Å². The normalized spacial score (nSPS) is 17.4. The van der Waals surface area contributed by atoms with Crippen molar-refractivity contribution in [3.63, 3.8) is 0 Å². The average Bonchev–Trinajstić information content (AvgIpc) is 3.83. The smallest absolute Gasteiger partial charge is 0.340 e. The van der Waals surface area contributed by atoms with Gasteiger partial charge in [-0.1, -0.05) is 24.3 Å². The summed E-state index contributed by atoms with van der Waals surface area (Å²) in [5.41, 5.74) is 0.585. The Hall–Kier alpha value is -4.09. The van der Waals surface area contributed by atoms with Gasteiger partial charge >= 0.3 is 6.18 Å². The lowest BCUT2D eigenvalue weighted by Gasteiger charge is -2.19. The molecule has 2 aliphatic carbocycles. The number of halogens is 3. The molecule has 3 aromatic heterocycles. The van der Waals surface area contributed by atoms with Gasteiger partial charge in [-0.05, 0) is 49.7 Å². The summed E-state index contributed by atoms with van der Waals surface area (Å²) < 4.78 is 41.9. The lowest BCUT2D eigenvalue weighted by atomic mass is 10.0. The number of nitrogens with zero attached hydrogens (tertiary/aromatic N) is 6. The second-order valence-electron chi connectivity index (χ2n) is 10.1. The molecule has 196 valence electrons. The summed E-state index contributed by atoms with van der Waals surface area (Å²) in [6, 6.07) is 4.84. The summed E-state index contributed by atoms with van der Waals surface area (Å²) in [4.78, 5) is 38.4. The summed E-state index contributed by atoms with van der Waals surface area (Å²) in [7, 11) is 0. The van der Waals surface area contributed by atoms with Gasteiger partial charge in [0, 0.05) is 18.9 Å². The van der Waals surface area contributed by atoms with Gasteiger partial charge < -0.3 is 5.32 Å². The first-order valence-electron chi connectivity index (χ1n) is 12.4. The van der Waals surface area contributed by atoms with Crippen molar-refractivity contribution in [3.8, 4) is 11.1 Å². The van der Waals surface area contributed by atoms with E-state index in [0.29, 0.717) is 34.5 Å². The van der Waals surface area contributed by atoms with Crippen LogP contribution in [0.15, 0.2) is 54.0 Å². The van der Waals surface area contributed by atoms with Crippen LogP contribution in [0.3, 0.4) is 0 Å². The number of aromatic nitrogens is 6. The standard InChI is InChI=1S/C26H24F3N7O2/c1-15(26(27,28)29)35-14-30-12-20(24(35)38)17-4-6-19(7-5-17)25(8-9-25)34-23(37)21-31-10-18-11-32-36(22(18)33-21)13-16-2-3-16/h4-7,10-12,14-16H,2-3,8-9,13H2,1H3,(H,34,37)/t15-/m0/s1. The lowest BCUT2D eigenvalue weighted by molar-refractivity contribution is -0.163. The van der Waals surface area contributed by atoms with E-state index in [4.69, 9.17) is 0 Å². The molecule has 0 radical (unpaired) electrons. The number of nitrogens with one attached hydrogen (secondary N) is 1. The molecular formula is C26H24F3N7O2. The van der Waals surface area contributed by atoms with Crippen LogP contribution in [0.1, 0.15) is 54.8 Å². The van der Waals surface area contributed by atoms with E-state index >= 15 is 0 Å². The van der Waals surface area contributed by atoms with Crippen LogP contribution >= 0.6 is 0 Å². The molecule has 0 bridgehead atoms. The maximum absolute atomic E-state index is 13.2. The maximum Gasteiger partial charge on any atom is 0.409 e. The van der Waals surface area contributed by atoms with Gasteiger partial charge in [-0.3, -0.25) is 14.2 Å². The second kappa shape index (κ2) is 8.74. The van der Waals surface area contributed by atoms with Gasteiger partial charge in [-0.25, -0.2) is 19.6 Å². The van der Waals surface area contributed by atoms with Crippen molar-refractivity contribution in [1.29, 1.82) is 0 Å². The van der Waals surface area contributed by atoms with Crippen LogP contribution in [-0.2, 0) is 12.1 Å². The molecule has 6 rings (SSSR count). The van der Waals surface area contributed by atoms with E-state index in [1.54, 1.807) is 36.7 Å². The van der Waals surface area contributed by atoms with E-state index in [1.165, 1.54) is 19.0 Å². The van der Waals surface area contributed by atoms with Crippen LogP contribution < -0.4 is 10.9 Å². The predicted molar refractivity (Wildman–Crippen MR) is 131 cm³/mol. The van der Waals surface area contributed by atoms with Gasteiger partial charge in [-0.2, -0.15) is 18.3 Å². The Kier molecular flexibility index (Phi) is 5.58. The number of alkyl halides is 3. The fraction of sp³-hybridized carbons (Fsp3) is 0.385. The zero-order valence-corrected chi connectivity index (χ0v) is 20.4. The van der Waals surface area contributed by atoms with E-state index in [9.17, 15) is 22.8 Å². The van der Waals surface area contributed by atoms with Gasteiger partial charge in [0.15, 0.2) is 5.65 Å². The SMILES string of the molecule is C[C@H](n1cncc(-c2ccc(C3(NC(=O)c4ncc5cnn(CC6CC6)c5n4)CC3)cc2)c1=O)C(F)(F)F. The van der Waals surface area contributed by atoms with E-state index in [-0.39, 0.29) is 11.4 Å². The van der Waals surface area contributed by atoms with E-state index < -0.39 is 29.2 Å². The van der Waals surface area contributed by atoms with Crippen LogP contribution in [0, 0.1) is 5.92 Å². The summed E-state index contributed by atoms with van der Waals surface area (Å²) in [5, 5.41) is 8.20. The Morgan fingerprint density at radius 1 is 1.16 bits per heavy atom. The molecule has 1 aromatic carbocycles. The highest BCUT2D eigenvalue weighted by atomic mass is 19.4. The first-order chi connectivity index (χ1) is 18.1. The highest BCUT2D eigenvalue weighted by Gasteiger charge is 2.46. The summed E-state index contributed by atoms with van der Waals surface area (Å²) >= 11 is 0. The van der Waals surface area contributed by atoms with E-state index in [2.05, 4.69) is 25.4 Å². The van der Waals surface area contributed by atoms with Gasteiger partial charge in [0.2, 0.25) is 5.82 Å². The number of hydrogen-bond acceptors (Lipinski definition) is 6. The molecule has 3 heterocycles. The fourth-order valence-electron chi connectivity index (χ4n) is 4.57. The monoisotopic (exact) mass is 523 g/mol. The lowest BCUT2D eigenvalue weighted by Crippen LogP contribution is -2.36. The zero-order chi connectivity index (χ0) is 26.7.